The van der Waals surface area contributed by atoms with Crippen molar-refractivity contribution in [2.75, 3.05) is 4.90 Å². The number of amides is 2. The lowest BCUT2D eigenvalue weighted by Gasteiger charge is -2.17. The van der Waals surface area contributed by atoms with Crippen LogP contribution in [0.3, 0.4) is 0 Å². The highest BCUT2D eigenvalue weighted by Gasteiger charge is 2.40. The van der Waals surface area contributed by atoms with Crippen molar-refractivity contribution in [2.45, 2.75) is 4.90 Å². The van der Waals surface area contributed by atoms with Gasteiger partial charge in [0.15, 0.2) is 0 Å². The second kappa shape index (κ2) is 7.65. The molecule has 0 radical (unpaired) electrons. The van der Waals surface area contributed by atoms with Gasteiger partial charge in [-0.05, 0) is 29.1 Å². The third-order valence-electron chi connectivity index (χ3n) is 5.07. The number of hydrogen-bond acceptors (Lipinski definition) is 3. The van der Waals surface area contributed by atoms with Crippen molar-refractivity contribution < 1.29 is 9.59 Å². The first-order valence-electron chi connectivity index (χ1n) is 9.63. The van der Waals surface area contributed by atoms with Gasteiger partial charge in [0, 0.05) is 10.3 Å². The van der Waals surface area contributed by atoms with Gasteiger partial charge >= 0.3 is 0 Å². The van der Waals surface area contributed by atoms with Crippen LogP contribution in [0.1, 0.15) is 5.56 Å². The van der Waals surface area contributed by atoms with E-state index in [0.29, 0.717) is 16.2 Å². The zero-order valence-electron chi connectivity index (χ0n) is 16.0. The molecule has 5 rings (SSSR count). The maximum atomic E-state index is 13.6. The van der Waals surface area contributed by atoms with Crippen molar-refractivity contribution in [3.63, 3.8) is 0 Å². The van der Waals surface area contributed by atoms with Crippen molar-refractivity contribution in [3.8, 4) is 0 Å². The first kappa shape index (κ1) is 18.4. The van der Waals surface area contributed by atoms with Gasteiger partial charge in [-0.3, -0.25) is 9.59 Å². The second-order valence-electron chi connectivity index (χ2n) is 6.93. The molecule has 0 aromatic heterocycles. The van der Waals surface area contributed by atoms with Crippen LogP contribution in [0.2, 0.25) is 0 Å². The number of anilines is 1. The SMILES string of the molecule is O=C1C(Sc2ccccc2)=C(c2ccccc2)C(=O)N1c1cccc2ccccc12. The number of fused-ring (bicyclic) bond motifs is 1. The molecule has 1 heterocycles. The quantitative estimate of drug-likeness (QED) is 0.394. The Hall–Kier alpha value is -3.63. The van der Waals surface area contributed by atoms with E-state index >= 15 is 0 Å². The number of nitrogens with zero attached hydrogens (tertiary/aromatic N) is 1. The molecule has 30 heavy (non-hydrogen) atoms. The Morgan fingerprint density at radius 3 is 2.00 bits per heavy atom. The van der Waals surface area contributed by atoms with Crippen molar-refractivity contribution in [3.05, 3.63) is 114 Å². The fourth-order valence-corrected chi connectivity index (χ4v) is 4.71. The van der Waals surface area contributed by atoms with Crippen LogP contribution in [0.4, 0.5) is 5.69 Å². The Bertz CT molecular complexity index is 1290. The molecule has 0 aliphatic carbocycles. The van der Waals surface area contributed by atoms with Crippen LogP contribution in [0.25, 0.3) is 16.3 Å². The number of thioether (sulfide) groups is 1. The maximum Gasteiger partial charge on any atom is 0.272 e. The summed E-state index contributed by atoms with van der Waals surface area (Å²) in [6.45, 7) is 0. The molecule has 0 unspecified atom stereocenters. The minimum absolute atomic E-state index is 0.288. The van der Waals surface area contributed by atoms with Crippen molar-refractivity contribution in [1.82, 2.24) is 0 Å². The molecule has 0 saturated carbocycles. The molecule has 0 atom stereocenters. The number of rotatable bonds is 4. The minimum atomic E-state index is -0.291. The molecule has 0 N–H and O–H groups in total. The third kappa shape index (κ3) is 3.11. The lowest BCUT2D eigenvalue weighted by atomic mass is 10.1. The van der Waals surface area contributed by atoms with E-state index in [1.807, 2.05) is 103 Å². The van der Waals surface area contributed by atoms with E-state index in [4.69, 9.17) is 0 Å². The van der Waals surface area contributed by atoms with E-state index < -0.39 is 0 Å². The summed E-state index contributed by atoms with van der Waals surface area (Å²) in [5.41, 5.74) is 1.81. The molecule has 0 fully saturated rings. The number of benzene rings is 4. The van der Waals surface area contributed by atoms with Gasteiger partial charge in [0.25, 0.3) is 11.8 Å². The highest BCUT2D eigenvalue weighted by Crippen LogP contribution is 2.42. The summed E-state index contributed by atoms with van der Waals surface area (Å²) >= 11 is 1.34. The van der Waals surface area contributed by atoms with Gasteiger partial charge < -0.3 is 0 Å². The smallest absolute Gasteiger partial charge is 0.268 e. The lowest BCUT2D eigenvalue weighted by molar-refractivity contribution is -0.119. The van der Waals surface area contributed by atoms with E-state index in [0.717, 1.165) is 21.2 Å². The topological polar surface area (TPSA) is 37.4 Å². The van der Waals surface area contributed by atoms with Crippen molar-refractivity contribution in [2.24, 2.45) is 0 Å². The van der Waals surface area contributed by atoms with Gasteiger partial charge in [-0.25, -0.2) is 4.90 Å². The third-order valence-corrected chi connectivity index (χ3v) is 6.17. The number of hydrogen-bond donors (Lipinski definition) is 0. The average Bonchev–Trinajstić information content (AvgIpc) is 3.04. The predicted octanol–water partition coefficient (Wildman–Crippen LogP) is 5.92. The zero-order valence-corrected chi connectivity index (χ0v) is 16.8. The Morgan fingerprint density at radius 1 is 0.600 bits per heavy atom. The summed E-state index contributed by atoms with van der Waals surface area (Å²) in [7, 11) is 0. The largest absolute Gasteiger partial charge is 0.272 e. The molecule has 0 spiro atoms. The normalized spacial score (nSPS) is 14.1. The predicted molar refractivity (Wildman–Crippen MR) is 122 cm³/mol. The van der Waals surface area contributed by atoms with Crippen LogP contribution >= 0.6 is 11.8 Å². The number of carbonyl (C=O) groups excluding carboxylic acids is 2. The minimum Gasteiger partial charge on any atom is -0.268 e. The molecule has 0 bridgehead atoms. The summed E-state index contributed by atoms with van der Waals surface area (Å²) in [6, 6.07) is 32.6. The fourth-order valence-electron chi connectivity index (χ4n) is 3.69. The van der Waals surface area contributed by atoms with Crippen LogP contribution in [0, 0.1) is 0 Å². The Morgan fingerprint density at radius 2 is 1.23 bits per heavy atom. The molecule has 1 aliphatic rings. The molecule has 0 saturated heterocycles. The van der Waals surface area contributed by atoms with Gasteiger partial charge in [0.2, 0.25) is 0 Å². The molecular weight excluding hydrogens is 390 g/mol. The molecule has 1 aliphatic heterocycles. The summed E-state index contributed by atoms with van der Waals surface area (Å²) in [4.78, 5) is 29.9. The molecule has 3 nitrogen and oxygen atoms in total. The molecule has 144 valence electrons. The Labute approximate surface area is 178 Å². The van der Waals surface area contributed by atoms with E-state index in [-0.39, 0.29) is 11.8 Å². The van der Waals surface area contributed by atoms with E-state index in [9.17, 15) is 9.59 Å². The van der Waals surface area contributed by atoms with Crippen molar-refractivity contribution >= 4 is 45.6 Å². The lowest BCUT2D eigenvalue weighted by Crippen LogP contribution is -2.31. The van der Waals surface area contributed by atoms with Gasteiger partial charge in [0.1, 0.15) is 0 Å². The fraction of sp³-hybridized carbons (Fsp3) is 0. The van der Waals surface area contributed by atoms with Gasteiger partial charge in [0.05, 0.1) is 16.2 Å². The van der Waals surface area contributed by atoms with Gasteiger partial charge in [-0.1, -0.05) is 96.7 Å². The molecule has 4 aromatic rings. The monoisotopic (exact) mass is 407 g/mol. The van der Waals surface area contributed by atoms with Crippen molar-refractivity contribution in [1.29, 1.82) is 0 Å². The van der Waals surface area contributed by atoms with Crippen LogP contribution in [-0.4, -0.2) is 11.8 Å². The van der Waals surface area contributed by atoms with Gasteiger partial charge in [-0.2, -0.15) is 0 Å². The van der Waals surface area contributed by atoms with Crippen LogP contribution < -0.4 is 4.90 Å². The second-order valence-corrected chi connectivity index (χ2v) is 8.01. The molecule has 2 amide bonds. The van der Waals surface area contributed by atoms with E-state index in [1.54, 1.807) is 0 Å². The maximum absolute atomic E-state index is 13.6. The standard InChI is InChI=1S/C26H17NO2S/c28-25-23(19-11-3-1-4-12-19)24(30-20-14-5-2-6-15-20)26(29)27(25)22-17-9-13-18-10-7-8-16-21(18)22/h1-17H. The number of imide groups is 1. The van der Waals surface area contributed by atoms with Crippen LogP contribution in [0.5, 0.6) is 0 Å². The highest BCUT2D eigenvalue weighted by atomic mass is 32.2. The molecule has 4 heteroatoms. The summed E-state index contributed by atoms with van der Waals surface area (Å²) in [5, 5.41) is 1.86. The van der Waals surface area contributed by atoms with Crippen LogP contribution in [0.15, 0.2) is 113 Å². The van der Waals surface area contributed by atoms with Crippen LogP contribution in [-0.2, 0) is 9.59 Å². The molecule has 4 aromatic carbocycles. The Balaban J connectivity index is 1.67. The summed E-state index contributed by atoms with van der Waals surface area (Å²) in [5.74, 6) is -0.579. The van der Waals surface area contributed by atoms with E-state index in [2.05, 4.69) is 0 Å². The van der Waals surface area contributed by atoms with Gasteiger partial charge in [-0.15, -0.1) is 0 Å². The first-order valence-corrected chi connectivity index (χ1v) is 10.4. The zero-order chi connectivity index (χ0) is 20.5. The molecular formula is C26H17NO2S. The number of carbonyl (C=O) groups is 2. The van der Waals surface area contributed by atoms with E-state index in [1.165, 1.54) is 16.7 Å². The highest BCUT2D eigenvalue weighted by molar-refractivity contribution is 8.04. The summed E-state index contributed by atoms with van der Waals surface area (Å²) < 4.78 is 0. The summed E-state index contributed by atoms with van der Waals surface area (Å²) in [6.07, 6.45) is 0. The Kier molecular flexibility index (Phi) is 4.69. The first-order chi connectivity index (χ1) is 14.7. The average molecular weight is 407 g/mol.